The minimum Gasteiger partial charge on any atom is -0.368 e. The van der Waals surface area contributed by atoms with Crippen LogP contribution in [0.4, 0.5) is 11.4 Å². The SMILES string of the molecule is Cc1ccc2c(N3CCN(CCc4cccc(NC(=O)c5ccc(C#N)cc5)c4)CC3)cccc2n1. The van der Waals surface area contributed by atoms with Gasteiger partial charge in [-0.2, -0.15) is 5.26 Å². The molecule has 1 amide bonds. The fraction of sp³-hybridized carbons (Fsp3) is 0.233. The Morgan fingerprint density at radius 3 is 2.53 bits per heavy atom. The number of anilines is 2. The highest BCUT2D eigenvalue weighted by atomic mass is 16.1. The summed E-state index contributed by atoms with van der Waals surface area (Å²) in [5.74, 6) is -0.174. The summed E-state index contributed by atoms with van der Waals surface area (Å²) in [4.78, 5) is 22.2. The number of aryl methyl sites for hydroxylation is 1. The van der Waals surface area contributed by atoms with Gasteiger partial charge >= 0.3 is 0 Å². The molecule has 1 aliphatic heterocycles. The van der Waals surface area contributed by atoms with Crippen molar-refractivity contribution in [2.24, 2.45) is 0 Å². The van der Waals surface area contributed by atoms with Crippen molar-refractivity contribution in [3.63, 3.8) is 0 Å². The van der Waals surface area contributed by atoms with Crippen LogP contribution < -0.4 is 10.2 Å². The van der Waals surface area contributed by atoms with E-state index in [1.165, 1.54) is 16.6 Å². The van der Waals surface area contributed by atoms with E-state index >= 15 is 0 Å². The summed E-state index contributed by atoms with van der Waals surface area (Å²) in [6.07, 6.45) is 0.929. The summed E-state index contributed by atoms with van der Waals surface area (Å²) in [7, 11) is 0. The van der Waals surface area contributed by atoms with E-state index in [1.54, 1.807) is 24.3 Å². The Morgan fingerprint density at radius 1 is 0.972 bits per heavy atom. The molecule has 0 atom stereocenters. The predicted molar refractivity (Wildman–Crippen MR) is 144 cm³/mol. The predicted octanol–water partition coefficient (Wildman–Crippen LogP) is 5.03. The number of nitrogens with one attached hydrogen (secondary N) is 1. The number of hydrogen-bond acceptors (Lipinski definition) is 5. The molecular formula is C30H29N5O. The standard InChI is InChI=1S/C30H29N5O/c1-22-8-13-27-28(32-22)6-3-7-29(27)35-18-16-34(17-19-35)15-14-23-4-2-5-26(20-23)33-30(36)25-11-9-24(21-31)10-12-25/h2-13,20H,14-19H2,1H3,(H,33,36). The van der Waals surface area contributed by atoms with Crippen molar-refractivity contribution in [1.29, 1.82) is 5.26 Å². The van der Waals surface area contributed by atoms with Gasteiger partial charge in [-0.15, -0.1) is 0 Å². The molecule has 0 aliphatic carbocycles. The zero-order valence-corrected chi connectivity index (χ0v) is 20.4. The summed E-state index contributed by atoms with van der Waals surface area (Å²) in [6.45, 7) is 7.04. The number of nitrogens with zero attached hydrogens (tertiary/aromatic N) is 4. The number of nitriles is 1. The molecule has 1 aromatic heterocycles. The highest BCUT2D eigenvalue weighted by molar-refractivity contribution is 6.04. The van der Waals surface area contributed by atoms with Crippen molar-refractivity contribution in [1.82, 2.24) is 9.88 Å². The quantitative estimate of drug-likeness (QED) is 0.423. The summed E-state index contributed by atoms with van der Waals surface area (Å²) in [5.41, 5.74) is 6.43. The molecule has 0 bridgehead atoms. The van der Waals surface area contributed by atoms with Crippen molar-refractivity contribution in [2.45, 2.75) is 13.3 Å². The molecule has 1 N–H and O–H groups in total. The number of hydrogen-bond donors (Lipinski definition) is 1. The Morgan fingerprint density at radius 2 is 1.75 bits per heavy atom. The van der Waals surface area contributed by atoms with E-state index < -0.39 is 0 Å². The monoisotopic (exact) mass is 475 g/mol. The van der Waals surface area contributed by atoms with Gasteiger partial charge < -0.3 is 10.2 Å². The number of piperazine rings is 1. The van der Waals surface area contributed by atoms with Crippen LogP contribution in [0.25, 0.3) is 10.9 Å². The van der Waals surface area contributed by atoms with Gasteiger partial charge in [-0.1, -0.05) is 18.2 Å². The lowest BCUT2D eigenvalue weighted by Gasteiger charge is -2.36. The van der Waals surface area contributed by atoms with Crippen LogP contribution in [0.5, 0.6) is 0 Å². The van der Waals surface area contributed by atoms with Crippen molar-refractivity contribution in [2.75, 3.05) is 42.9 Å². The Kier molecular flexibility index (Phi) is 6.92. The maximum Gasteiger partial charge on any atom is 0.255 e. The van der Waals surface area contributed by atoms with E-state index in [-0.39, 0.29) is 5.91 Å². The van der Waals surface area contributed by atoms with Gasteiger partial charge in [0.15, 0.2) is 0 Å². The highest BCUT2D eigenvalue weighted by Crippen LogP contribution is 2.27. The largest absolute Gasteiger partial charge is 0.368 e. The fourth-order valence-corrected chi connectivity index (χ4v) is 4.72. The number of pyridine rings is 1. The Bertz CT molecular complexity index is 1420. The van der Waals surface area contributed by atoms with Crippen LogP contribution in [0, 0.1) is 18.3 Å². The zero-order valence-electron chi connectivity index (χ0n) is 20.4. The van der Waals surface area contributed by atoms with Gasteiger partial charge in [0.2, 0.25) is 0 Å². The maximum absolute atomic E-state index is 12.6. The molecular weight excluding hydrogens is 446 g/mol. The number of aromatic nitrogens is 1. The first kappa shape index (κ1) is 23.5. The molecule has 6 nitrogen and oxygen atoms in total. The molecule has 6 heteroatoms. The van der Waals surface area contributed by atoms with E-state index in [1.807, 2.05) is 25.1 Å². The number of carbonyl (C=O) groups excluding carboxylic acids is 1. The Hall–Kier alpha value is -4.21. The highest BCUT2D eigenvalue weighted by Gasteiger charge is 2.19. The third-order valence-corrected chi connectivity index (χ3v) is 6.74. The summed E-state index contributed by atoms with van der Waals surface area (Å²) >= 11 is 0. The molecule has 1 fully saturated rings. The van der Waals surface area contributed by atoms with Crippen molar-refractivity contribution in [3.05, 3.63) is 101 Å². The van der Waals surface area contributed by atoms with E-state index in [0.717, 1.165) is 56.0 Å². The van der Waals surface area contributed by atoms with Gasteiger partial charge in [0.25, 0.3) is 5.91 Å². The molecule has 2 heterocycles. The minimum absolute atomic E-state index is 0.174. The first-order valence-corrected chi connectivity index (χ1v) is 12.3. The van der Waals surface area contributed by atoms with Gasteiger partial charge in [0.05, 0.1) is 17.1 Å². The van der Waals surface area contributed by atoms with Crippen molar-refractivity contribution in [3.8, 4) is 6.07 Å². The number of fused-ring (bicyclic) bond motifs is 1. The van der Waals surface area contributed by atoms with E-state index in [9.17, 15) is 4.79 Å². The van der Waals surface area contributed by atoms with Crippen molar-refractivity contribution < 1.29 is 4.79 Å². The third-order valence-electron chi connectivity index (χ3n) is 6.74. The number of benzene rings is 3. The lowest BCUT2D eigenvalue weighted by Crippen LogP contribution is -2.47. The molecule has 0 saturated carbocycles. The van der Waals surface area contributed by atoms with Crippen LogP contribution in [-0.4, -0.2) is 48.5 Å². The molecule has 180 valence electrons. The average molecular weight is 476 g/mol. The molecule has 1 aliphatic rings. The van der Waals surface area contributed by atoms with Gasteiger partial charge in [-0.25, -0.2) is 0 Å². The van der Waals surface area contributed by atoms with E-state index in [2.05, 4.69) is 62.6 Å². The van der Waals surface area contributed by atoms with Gasteiger partial charge in [0.1, 0.15) is 0 Å². The van der Waals surface area contributed by atoms with Gasteiger partial charge in [0, 0.05) is 60.7 Å². The van der Waals surface area contributed by atoms with E-state index in [4.69, 9.17) is 5.26 Å². The maximum atomic E-state index is 12.6. The molecule has 5 rings (SSSR count). The number of amides is 1. The van der Waals surface area contributed by atoms with E-state index in [0.29, 0.717) is 11.1 Å². The molecule has 36 heavy (non-hydrogen) atoms. The summed E-state index contributed by atoms with van der Waals surface area (Å²) in [6, 6.07) is 27.4. The molecule has 3 aromatic carbocycles. The van der Waals surface area contributed by atoms with Crippen LogP contribution in [0.1, 0.15) is 27.2 Å². The summed E-state index contributed by atoms with van der Waals surface area (Å²) in [5, 5.41) is 13.1. The second-order valence-corrected chi connectivity index (χ2v) is 9.22. The van der Waals surface area contributed by atoms with Crippen LogP contribution in [0.15, 0.2) is 78.9 Å². The van der Waals surface area contributed by atoms with Gasteiger partial charge in [-0.3, -0.25) is 14.7 Å². The second kappa shape index (κ2) is 10.6. The summed E-state index contributed by atoms with van der Waals surface area (Å²) < 4.78 is 0. The Balaban J connectivity index is 1.15. The molecule has 0 radical (unpaired) electrons. The van der Waals surface area contributed by atoms with Crippen molar-refractivity contribution >= 4 is 28.2 Å². The zero-order chi connectivity index (χ0) is 24.9. The Labute approximate surface area is 211 Å². The molecule has 4 aromatic rings. The molecule has 1 saturated heterocycles. The molecule has 0 spiro atoms. The second-order valence-electron chi connectivity index (χ2n) is 9.22. The molecule has 0 unspecified atom stereocenters. The lowest BCUT2D eigenvalue weighted by atomic mass is 10.1. The van der Waals surface area contributed by atoms with Gasteiger partial charge in [-0.05, 0) is 79.6 Å². The van der Waals surface area contributed by atoms with Crippen LogP contribution >= 0.6 is 0 Å². The fourth-order valence-electron chi connectivity index (χ4n) is 4.72. The topological polar surface area (TPSA) is 72.3 Å². The number of carbonyl (C=O) groups is 1. The minimum atomic E-state index is -0.174. The first-order valence-electron chi connectivity index (χ1n) is 12.3. The average Bonchev–Trinajstić information content (AvgIpc) is 2.92. The number of rotatable bonds is 6. The third kappa shape index (κ3) is 5.37. The smallest absolute Gasteiger partial charge is 0.255 e. The van der Waals surface area contributed by atoms with Crippen LogP contribution in [-0.2, 0) is 6.42 Å². The van der Waals surface area contributed by atoms with Crippen LogP contribution in [0.2, 0.25) is 0 Å². The normalized spacial score (nSPS) is 13.9. The van der Waals surface area contributed by atoms with Crippen LogP contribution in [0.3, 0.4) is 0 Å². The first-order chi connectivity index (χ1) is 17.6. The lowest BCUT2D eigenvalue weighted by molar-refractivity contribution is 0.102.